The summed E-state index contributed by atoms with van der Waals surface area (Å²) in [6.07, 6.45) is 5.00. The molecule has 0 saturated carbocycles. The van der Waals surface area contributed by atoms with E-state index in [-0.39, 0.29) is 6.09 Å². The van der Waals surface area contributed by atoms with Crippen molar-refractivity contribution >= 4 is 42.7 Å². The smallest absolute Gasteiger partial charge is 0.414 e. The topological polar surface area (TPSA) is 43.7 Å². The Labute approximate surface area is 205 Å². The lowest BCUT2D eigenvalue weighted by molar-refractivity contribution is 0.0579. The third kappa shape index (κ3) is 4.20. The average molecular weight is 491 g/mol. The van der Waals surface area contributed by atoms with Gasteiger partial charge in [-0.1, -0.05) is 41.5 Å². The molecule has 0 aliphatic carbocycles. The zero-order valence-electron chi connectivity index (χ0n) is 22.3. The van der Waals surface area contributed by atoms with E-state index >= 15 is 0 Å². The van der Waals surface area contributed by atoms with E-state index < -0.39 is 13.8 Å². The van der Waals surface area contributed by atoms with Gasteiger partial charge in [0, 0.05) is 23.5 Å². The Morgan fingerprint density at radius 1 is 1.09 bits per heavy atom. The van der Waals surface area contributed by atoms with Crippen molar-refractivity contribution in [3.8, 4) is 5.75 Å². The van der Waals surface area contributed by atoms with Crippen LogP contribution in [0.4, 0.5) is 10.5 Å². The Hall–Kier alpha value is -1.60. The van der Waals surface area contributed by atoms with E-state index in [0.29, 0.717) is 23.2 Å². The highest BCUT2D eigenvalue weighted by atomic mass is 32.2. The first-order valence-corrected chi connectivity index (χ1v) is 15.5. The standard InChI is InChI=1S/C26H42N2O3SSi/c1-16(2)33(17(3)4,18(5)6)28-15-19-12-13-27(25(29)31-26(7,8)9)23-22(19)20(28)14-21(30-10)24(23)32-11/h14-18H,12-13H2,1-11H3. The van der Waals surface area contributed by atoms with Gasteiger partial charge in [0.1, 0.15) is 11.4 Å². The number of amides is 1. The van der Waals surface area contributed by atoms with Crippen LogP contribution >= 0.6 is 11.8 Å². The lowest BCUT2D eigenvalue weighted by atomic mass is 10.0. The van der Waals surface area contributed by atoms with Gasteiger partial charge in [-0.15, -0.1) is 11.8 Å². The highest BCUT2D eigenvalue weighted by Gasteiger charge is 2.47. The average Bonchev–Trinajstić information content (AvgIpc) is 3.05. The summed E-state index contributed by atoms with van der Waals surface area (Å²) < 4.78 is 14.4. The van der Waals surface area contributed by atoms with E-state index in [0.717, 1.165) is 22.8 Å². The van der Waals surface area contributed by atoms with Gasteiger partial charge in [0.05, 0.1) is 17.7 Å². The Morgan fingerprint density at radius 2 is 1.67 bits per heavy atom. The normalized spacial score (nSPS) is 14.7. The van der Waals surface area contributed by atoms with Gasteiger partial charge in [-0.25, -0.2) is 4.79 Å². The first kappa shape index (κ1) is 26.0. The maximum Gasteiger partial charge on any atom is 0.414 e. The number of carbonyl (C=O) groups excluding carboxylic acids is 1. The van der Waals surface area contributed by atoms with Gasteiger partial charge in [-0.3, -0.25) is 4.90 Å². The quantitative estimate of drug-likeness (QED) is 0.307. The second-order valence-electron chi connectivity index (χ2n) is 11.1. The van der Waals surface area contributed by atoms with E-state index in [4.69, 9.17) is 9.47 Å². The minimum Gasteiger partial charge on any atom is -0.495 e. The summed E-state index contributed by atoms with van der Waals surface area (Å²) in [4.78, 5) is 16.2. The molecule has 3 rings (SSSR count). The van der Waals surface area contributed by atoms with Crippen LogP contribution in [0, 0.1) is 0 Å². The van der Waals surface area contributed by atoms with E-state index in [9.17, 15) is 4.79 Å². The van der Waals surface area contributed by atoms with Crippen LogP contribution in [0.15, 0.2) is 17.2 Å². The van der Waals surface area contributed by atoms with Crippen molar-refractivity contribution in [1.82, 2.24) is 4.23 Å². The fourth-order valence-electron chi connectivity index (χ4n) is 6.20. The van der Waals surface area contributed by atoms with Crippen molar-refractivity contribution in [2.75, 3.05) is 24.8 Å². The van der Waals surface area contributed by atoms with Crippen molar-refractivity contribution < 1.29 is 14.3 Å². The molecule has 0 unspecified atom stereocenters. The van der Waals surface area contributed by atoms with Crippen molar-refractivity contribution in [2.24, 2.45) is 0 Å². The first-order valence-electron chi connectivity index (χ1n) is 12.1. The molecule has 0 N–H and O–H groups in total. The summed E-state index contributed by atoms with van der Waals surface area (Å²) in [6.45, 7) is 20.7. The number of nitrogens with zero attached hydrogens (tertiary/aromatic N) is 2. The number of hydrogen-bond donors (Lipinski definition) is 0. The van der Waals surface area contributed by atoms with Crippen LogP contribution in [0.2, 0.25) is 16.6 Å². The molecule has 0 spiro atoms. The van der Waals surface area contributed by atoms with Crippen molar-refractivity contribution in [1.29, 1.82) is 0 Å². The molecule has 1 aromatic heterocycles. The molecule has 33 heavy (non-hydrogen) atoms. The van der Waals surface area contributed by atoms with Crippen molar-refractivity contribution in [2.45, 2.75) is 95.9 Å². The predicted molar refractivity (Wildman–Crippen MR) is 144 cm³/mol. The third-order valence-corrected chi connectivity index (χ3v) is 14.7. The molecule has 0 radical (unpaired) electrons. The molecule has 0 fully saturated rings. The number of benzene rings is 1. The van der Waals surface area contributed by atoms with Crippen molar-refractivity contribution in [3.63, 3.8) is 0 Å². The molecule has 184 valence electrons. The fraction of sp³-hybridized carbons (Fsp3) is 0.654. The van der Waals surface area contributed by atoms with Gasteiger partial charge < -0.3 is 13.7 Å². The largest absolute Gasteiger partial charge is 0.495 e. The molecule has 7 heteroatoms. The first-order chi connectivity index (χ1) is 15.3. The zero-order valence-corrected chi connectivity index (χ0v) is 24.1. The van der Waals surface area contributed by atoms with Crippen LogP contribution in [0.1, 0.15) is 67.9 Å². The Kier molecular flexibility index (Phi) is 7.26. The van der Waals surface area contributed by atoms with Crippen LogP contribution in [0.5, 0.6) is 5.75 Å². The minimum absolute atomic E-state index is 0.286. The Bertz CT molecular complexity index is 1010. The maximum absolute atomic E-state index is 13.3. The molecule has 5 nitrogen and oxygen atoms in total. The van der Waals surface area contributed by atoms with Crippen LogP contribution in [-0.2, 0) is 11.2 Å². The van der Waals surface area contributed by atoms with Gasteiger partial charge in [0.2, 0.25) is 0 Å². The molecule has 0 saturated heterocycles. The molecule has 1 aromatic carbocycles. The van der Waals surface area contributed by atoms with E-state index in [1.807, 2.05) is 31.9 Å². The number of methoxy groups -OCH3 is 1. The van der Waals surface area contributed by atoms with Gasteiger partial charge in [0.25, 0.3) is 0 Å². The molecule has 1 amide bonds. The molecule has 1 aliphatic rings. The second-order valence-corrected chi connectivity index (χ2v) is 17.6. The summed E-state index contributed by atoms with van der Waals surface area (Å²) in [7, 11) is -0.267. The summed E-state index contributed by atoms with van der Waals surface area (Å²) in [5, 5.41) is 1.19. The van der Waals surface area contributed by atoms with Crippen molar-refractivity contribution in [3.05, 3.63) is 17.8 Å². The lowest BCUT2D eigenvalue weighted by Crippen LogP contribution is -2.51. The molecule has 1 aliphatic heterocycles. The summed E-state index contributed by atoms with van der Waals surface area (Å²) >= 11 is 1.63. The fourth-order valence-corrected chi connectivity index (χ4v) is 13.6. The van der Waals surface area contributed by atoms with Gasteiger partial charge in [0.15, 0.2) is 8.24 Å². The Balaban J connectivity index is 2.41. The van der Waals surface area contributed by atoms with E-state index in [1.165, 1.54) is 16.5 Å². The zero-order chi connectivity index (χ0) is 24.9. The summed E-state index contributed by atoms with van der Waals surface area (Å²) in [6, 6.07) is 2.21. The van der Waals surface area contributed by atoms with E-state index in [2.05, 4.69) is 58.0 Å². The van der Waals surface area contributed by atoms with Crippen LogP contribution < -0.4 is 9.64 Å². The maximum atomic E-state index is 13.3. The number of thioether (sulfide) groups is 1. The molecule has 2 heterocycles. The van der Waals surface area contributed by atoms with E-state index in [1.54, 1.807) is 18.9 Å². The minimum atomic E-state index is -1.99. The molecule has 2 aromatic rings. The van der Waals surface area contributed by atoms with Crippen LogP contribution in [0.25, 0.3) is 10.9 Å². The molecular formula is C26H42N2O3SSi. The molecule has 0 atom stereocenters. The molecular weight excluding hydrogens is 448 g/mol. The highest BCUT2D eigenvalue weighted by molar-refractivity contribution is 7.98. The lowest BCUT2D eigenvalue weighted by Gasteiger charge is -2.44. The van der Waals surface area contributed by atoms with Gasteiger partial charge in [-0.2, -0.15) is 0 Å². The Morgan fingerprint density at radius 3 is 2.12 bits per heavy atom. The summed E-state index contributed by atoms with van der Waals surface area (Å²) in [5.41, 5.74) is 4.64. The number of rotatable bonds is 6. The SMILES string of the molecule is COc1cc2c3c(cn2[Si](C(C)C)(C(C)C)C(C)C)CCN(C(=O)OC(C)(C)C)c3c1SC. The number of carbonyl (C=O) groups is 1. The summed E-state index contributed by atoms with van der Waals surface area (Å²) in [5.74, 6) is 0.825. The second kappa shape index (κ2) is 9.21. The van der Waals surface area contributed by atoms with Crippen LogP contribution in [0.3, 0.4) is 0 Å². The number of aromatic nitrogens is 1. The number of ether oxygens (including phenoxy) is 2. The van der Waals surface area contributed by atoms with Gasteiger partial charge >= 0.3 is 6.09 Å². The third-order valence-electron chi connectivity index (χ3n) is 7.17. The van der Waals surface area contributed by atoms with Gasteiger partial charge in [-0.05, 0) is 61.8 Å². The number of hydrogen-bond acceptors (Lipinski definition) is 4. The predicted octanol–water partition coefficient (Wildman–Crippen LogP) is 7.69. The molecule has 0 bridgehead atoms. The monoisotopic (exact) mass is 490 g/mol. The number of anilines is 1. The highest BCUT2D eigenvalue weighted by Crippen LogP contribution is 2.51. The van der Waals surface area contributed by atoms with Crippen LogP contribution in [-0.4, -0.2) is 44.1 Å².